The van der Waals surface area contributed by atoms with E-state index in [9.17, 15) is 9.59 Å². The lowest BCUT2D eigenvalue weighted by Gasteiger charge is -2.13. The minimum atomic E-state index is -0.478. The third-order valence-electron chi connectivity index (χ3n) is 4.13. The molecule has 7 heteroatoms. The third kappa shape index (κ3) is 4.24. The molecule has 3 rings (SSSR count). The highest BCUT2D eigenvalue weighted by molar-refractivity contribution is 6.01. The van der Waals surface area contributed by atoms with Crippen molar-refractivity contribution < 1.29 is 9.59 Å². The van der Waals surface area contributed by atoms with Crippen molar-refractivity contribution in [3.63, 3.8) is 0 Å². The summed E-state index contributed by atoms with van der Waals surface area (Å²) >= 11 is 0. The first-order chi connectivity index (χ1) is 13.6. The molecule has 0 atom stereocenters. The van der Waals surface area contributed by atoms with Gasteiger partial charge in [-0.05, 0) is 53.1 Å². The van der Waals surface area contributed by atoms with Crippen molar-refractivity contribution in [3.05, 3.63) is 54.5 Å². The molecule has 0 spiro atoms. The summed E-state index contributed by atoms with van der Waals surface area (Å²) in [4.78, 5) is 31.7. The van der Waals surface area contributed by atoms with Gasteiger partial charge in [-0.3, -0.25) is 15.1 Å². The van der Waals surface area contributed by atoms with Gasteiger partial charge < -0.3 is 10.6 Å². The number of benzene rings is 1. The molecule has 0 fully saturated rings. The minimum Gasteiger partial charge on any atom is -0.341 e. The number of nitrogens with one attached hydrogen (secondary N) is 3. The second kappa shape index (κ2) is 8.64. The molecular formula is C21H19N5O2. The number of carbonyl (C=O) groups excluding carboxylic acids is 2. The van der Waals surface area contributed by atoms with Crippen LogP contribution < -0.4 is 16.0 Å². The Bertz CT molecular complexity index is 1060. The van der Waals surface area contributed by atoms with Crippen molar-refractivity contribution in [1.82, 2.24) is 20.6 Å². The van der Waals surface area contributed by atoms with Gasteiger partial charge in [0.25, 0.3) is 5.91 Å². The highest BCUT2D eigenvalue weighted by atomic mass is 16.2. The summed E-state index contributed by atoms with van der Waals surface area (Å²) in [5.74, 6) is 1.99. The van der Waals surface area contributed by atoms with Crippen LogP contribution in [0.3, 0.4) is 0 Å². The van der Waals surface area contributed by atoms with E-state index >= 15 is 0 Å². The molecule has 3 amide bonds. The summed E-state index contributed by atoms with van der Waals surface area (Å²) in [6.07, 6.45) is 10.2. The molecule has 0 aliphatic heterocycles. The molecule has 0 radical (unpaired) electrons. The van der Waals surface area contributed by atoms with E-state index in [0.717, 1.165) is 27.5 Å². The second-order valence-corrected chi connectivity index (χ2v) is 5.93. The fourth-order valence-electron chi connectivity index (χ4n) is 2.85. The topological polar surface area (TPSA) is 96.0 Å². The van der Waals surface area contributed by atoms with E-state index in [1.807, 2.05) is 43.2 Å². The molecule has 0 aliphatic rings. The number of carbonyl (C=O) groups is 2. The van der Waals surface area contributed by atoms with Crippen LogP contribution in [-0.2, 0) is 11.3 Å². The Kier molecular flexibility index (Phi) is 5.82. The molecular weight excluding hydrogens is 354 g/mol. The largest absolute Gasteiger partial charge is 0.341 e. The van der Waals surface area contributed by atoms with Gasteiger partial charge >= 0.3 is 6.03 Å². The van der Waals surface area contributed by atoms with Gasteiger partial charge in [-0.1, -0.05) is 12.1 Å². The predicted molar refractivity (Wildman–Crippen MR) is 108 cm³/mol. The second-order valence-electron chi connectivity index (χ2n) is 5.93. The van der Waals surface area contributed by atoms with Gasteiger partial charge in [-0.2, -0.15) is 0 Å². The van der Waals surface area contributed by atoms with E-state index in [4.69, 9.17) is 6.42 Å². The van der Waals surface area contributed by atoms with Crippen molar-refractivity contribution in [3.8, 4) is 23.5 Å². The van der Waals surface area contributed by atoms with Gasteiger partial charge in [0.15, 0.2) is 0 Å². The lowest BCUT2D eigenvalue weighted by molar-refractivity contribution is -0.115. The fraction of sp³-hybridized carbons (Fsp3) is 0.143. The maximum absolute atomic E-state index is 11.8. The number of pyridine rings is 2. The van der Waals surface area contributed by atoms with Crippen LogP contribution in [0.25, 0.3) is 21.9 Å². The number of anilines is 1. The van der Waals surface area contributed by atoms with E-state index in [2.05, 4.69) is 25.9 Å². The van der Waals surface area contributed by atoms with Gasteiger partial charge in [-0.15, -0.1) is 6.42 Å². The first kappa shape index (κ1) is 18.9. The maximum atomic E-state index is 11.8. The Morgan fingerprint density at radius 1 is 1.11 bits per heavy atom. The van der Waals surface area contributed by atoms with Crippen molar-refractivity contribution in [2.75, 3.05) is 11.9 Å². The Hall–Kier alpha value is -3.92. The highest BCUT2D eigenvalue weighted by Gasteiger charge is 2.11. The molecule has 2 heterocycles. The van der Waals surface area contributed by atoms with E-state index in [0.29, 0.717) is 12.4 Å². The van der Waals surface area contributed by atoms with Gasteiger partial charge in [0.2, 0.25) is 0 Å². The van der Waals surface area contributed by atoms with Crippen LogP contribution in [0.5, 0.6) is 0 Å². The quantitative estimate of drug-likeness (QED) is 0.599. The summed E-state index contributed by atoms with van der Waals surface area (Å²) in [6, 6.07) is 9.19. The van der Waals surface area contributed by atoms with Gasteiger partial charge in [-0.25, -0.2) is 9.78 Å². The molecule has 28 heavy (non-hydrogen) atoms. The molecule has 3 N–H and O–H groups in total. The first-order valence-electron chi connectivity index (χ1n) is 8.73. The number of terminal acetylenes is 1. The fourth-order valence-corrected chi connectivity index (χ4v) is 2.85. The Balaban J connectivity index is 2.07. The minimum absolute atomic E-state index is 0.279. The van der Waals surface area contributed by atoms with Crippen molar-refractivity contribution in [1.29, 1.82) is 0 Å². The average Bonchev–Trinajstić information content (AvgIpc) is 2.72. The number of fused-ring (bicyclic) bond motifs is 1. The number of hydrogen-bond donors (Lipinski definition) is 3. The lowest BCUT2D eigenvalue weighted by Crippen LogP contribution is -2.28. The van der Waals surface area contributed by atoms with Gasteiger partial charge in [0.1, 0.15) is 5.82 Å². The zero-order chi connectivity index (χ0) is 19.9. The molecule has 7 nitrogen and oxygen atoms in total. The zero-order valence-electron chi connectivity index (χ0n) is 15.3. The molecule has 0 saturated carbocycles. The normalized spacial score (nSPS) is 10.1. The molecule has 1 aromatic carbocycles. The number of urea groups is 1. The van der Waals surface area contributed by atoms with Gasteiger partial charge in [0.05, 0.1) is 0 Å². The Labute approximate surface area is 162 Å². The van der Waals surface area contributed by atoms with Gasteiger partial charge in [0, 0.05) is 37.1 Å². The zero-order valence-corrected chi connectivity index (χ0v) is 15.3. The van der Waals surface area contributed by atoms with E-state index in [-0.39, 0.29) is 12.6 Å². The molecule has 140 valence electrons. The number of nitrogens with zero attached hydrogens (tertiary/aromatic N) is 2. The molecule has 3 aromatic rings. The third-order valence-corrected chi connectivity index (χ3v) is 4.13. The average molecular weight is 373 g/mol. The summed E-state index contributed by atoms with van der Waals surface area (Å²) in [5, 5.41) is 9.81. The Morgan fingerprint density at radius 3 is 2.61 bits per heavy atom. The SMILES string of the molecule is C#CC(=O)NCc1ccc(-c2ccncc2)c2cc(NC(=O)NCC)ncc12. The number of hydrogen-bond acceptors (Lipinski definition) is 4. The van der Waals surface area contributed by atoms with Crippen molar-refractivity contribution in [2.45, 2.75) is 13.5 Å². The number of rotatable bonds is 5. The number of amides is 3. The van der Waals surface area contributed by atoms with E-state index in [1.165, 1.54) is 0 Å². The number of aromatic nitrogens is 2. The van der Waals surface area contributed by atoms with Crippen LogP contribution in [0.4, 0.5) is 10.6 Å². The molecule has 0 bridgehead atoms. The first-order valence-corrected chi connectivity index (χ1v) is 8.73. The standard InChI is InChI=1S/C21H19N5O2/c1-3-20(27)25-12-15-5-6-16(14-7-9-22-10-8-14)17-11-19(24-13-18(15)17)26-21(28)23-4-2/h1,5-11,13H,4,12H2,2H3,(H,25,27)(H2,23,24,26,28). The van der Waals surface area contributed by atoms with Crippen LogP contribution in [-0.4, -0.2) is 28.5 Å². The summed E-state index contributed by atoms with van der Waals surface area (Å²) in [6.45, 7) is 2.63. The monoisotopic (exact) mass is 373 g/mol. The summed E-state index contributed by atoms with van der Waals surface area (Å²) < 4.78 is 0. The highest BCUT2D eigenvalue weighted by Crippen LogP contribution is 2.31. The van der Waals surface area contributed by atoms with Crippen LogP contribution in [0.1, 0.15) is 12.5 Å². The lowest BCUT2D eigenvalue weighted by atomic mass is 9.96. The van der Waals surface area contributed by atoms with E-state index in [1.54, 1.807) is 18.6 Å². The van der Waals surface area contributed by atoms with Crippen molar-refractivity contribution in [2.24, 2.45) is 0 Å². The predicted octanol–water partition coefficient (Wildman–Crippen LogP) is 2.69. The van der Waals surface area contributed by atoms with Crippen molar-refractivity contribution >= 4 is 28.5 Å². The maximum Gasteiger partial charge on any atom is 0.320 e. The molecule has 0 unspecified atom stereocenters. The smallest absolute Gasteiger partial charge is 0.320 e. The van der Waals surface area contributed by atoms with Crippen LogP contribution >= 0.6 is 0 Å². The van der Waals surface area contributed by atoms with Crippen LogP contribution in [0, 0.1) is 12.3 Å². The molecule has 0 aliphatic carbocycles. The van der Waals surface area contributed by atoms with Crippen LogP contribution in [0.15, 0.2) is 48.9 Å². The Morgan fingerprint density at radius 2 is 1.89 bits per heavy atom. The molecule has 2 aromatic heterocycles. The van der Waals surface area contributed by atoms with Crippen LogP contribution in [0.2, 0.25) is 0 Å². The summed E-state index contributed by atoms with van der Waals surface area (Å²) in [5.41, 5.74) is 2.81. The van der Waals surface area contributed by atoms with E-state index < -0.39 is 5.91 Å². The summed E-state index contributed by atoms with van der Waals surface area (Å²) in [7, 11) is 0. The molecule has 0 saturated heterocycles.